The summed E-state index contributed by atoms with van der Waals surface area (Å²) >= 11 is 5.68. The van der Waals surface area contributed by atoms with E-state index in [2.05, 4.69) is 4.98 Å². The molecule has 1 aromatic carbocycles. The molecule has 2 N–H and O–H groups in total. The molecule has 0 saturated heterocycles. The van der Waals surface area contributed by atoms with Crippen LogP contribution in [0.5, 0.6) is 5.75 Å². The number of halogens is 1. The van der Waals surface area contributed by atoms with E-state index in [4.69, 9.17) is 11.6 Å². The van der Waals surface area contributed by atoms with Gasteiger partial charge in [-0.25, -0.2) is 0 Å². The van der Waals surface area contributed by atoms with Crippen LogP contribution in [0.25, 0.3) is 10.9 Å². The van der Waals surface area contributed by atoms with Crippen LogP contribution in [0.3, 0.4) is 0 Å². The molecule has 2 rings (SSSR count). The molecule has 11 heavy (non-hydrogen) atoms. The third-order valence-electron chi connectivity index (χ3n) is 1.62. The number of nitrogens with one attached hydrogen (secondary N) is 1. The van der Waals surface area contributed by atoms with Crippen LogP contribution >= 0.6 is 11.6 Å². The highest BCUT2D eigenvalue weighted by Gasteiger charge is 2.00. The number of H-pyrrole nitrogens is 1. The first-order chi connectivity index (χ1) is 5.27. The Bertz CT molecular complexity index is 358. The molecule has 3 heteroatoms. The third-order valence-corrected chi connectivity index (χ3v) is 1.92. The molecule has 0 saturated carbocycles. The Balaban J connectivity index is 2.86. The molecular weight excluding hydrogens is 162 g/mol. The smallest absolute Gasteiger partial charge is 0.136 e. The number of fused-ring (bicyclic) bond motifs is 1. The molecule has 0 atom stereocenters. The highest BCUT2D eigenvalue weighted by atomic mass is 35.5. The minimum absolute atomic E-state index is 0.113. The van der Waals surface area contributed by atoms with E-state index in [9.17, 15) is 5.11 Å². The van der Waals surface area contributed by atoms with E-state index in [-0.39, 0.29) is 5.75 Å². The van der Waals surface area contributed by atoms with E-state index < -0.39 is 0 Å². The van der Waals surface area contributed by atoms with Crippen molar-refractivity contribution in [2.75, 3.05) is 0 Å². The van der Waals surface area contributed by atoms with Gasteiger partial charge in [0.05, 0.1) is 5.02 Å². The number of hydrogen-bond acceptors (Lipinski definition) is 1. The van der Waals surface area contributed by atoms with Gasteiger partial charge in [-0.05, 0) is 12.1 Å². The van der Waals surface area contributed by atoms with Gasteiger partial charge >= 0.3 is 0 Å². The van der Waals surface area contributed by atoms with Gasteiger partial charge in [0.15, 0.2) is 0 Å². The van der Waals surface area contributed by atoms with Gasteiger partial charge in [-0.2, -0.15) is 0 Å². The number of aromatic hydroxyl groups is 1. The van der Waals surface area contributed by atoms with Gasteiger partial charge in [0.25, 0.3) is 0 Å². The second-order valence-corrected chi connectivity index (χ2v) is 2.78. The van der Waals surface area contributed by atoms with Crippen LogP contribution in [-0.4, -0.2) is 10.1 Å². The molecule has 0 bridgehead atoms. The number of aromatic nitrogens is 1. The van der Waals surface area contributed by atoms with E-state index in [0.29, 0.717) is 5.02 Å². The fourth-order valence-corrected chi connectivity index (χ4v) is 1.23. The summed E-state index contributed by atoms with van der Waals surface area (Å²) in [6.07, 6.45) is 1.81. The molecule has 0 aliphatic heterocycles. The van der Waals surface area contributed by atoms with Gasteiger partial charge in [-0.3, -0.25) is 0 Å². The first-order valence-corrected chi connectivity index (χ1v) is 3.61. The predicted octanol–water partition coefficient (Wildman–Crippen LogP) is 2.53. The zero-order valence-electron chi connectivity index (χ0n) is 5.63. The lowest BCUT2D eigenvalue weighted by Gasteiger charge is -1.95. The fraction of sp³-hybridized carbons (Fsp3) is 0. The Kier molecular flexibility index (Phi) is 1.29. The maximum atomic E-state index is 9.18. The van der Waals surface area contributed by atoms with E-state index in [1.165, 1.54) is 0 Å². The second kappa shape index (κ2) is 2.17. The Morgan fingerprint density at radius 1 is 1.36 bits per heavy atom. The summed E-state index contributed by atoms with van der Waals surface area (Å²) in [6.45, 7) is 0. The molecule has 0 aliphatic rings. The zero-order valence-corrected chi connectivity index (χ0v) is 6.39. The van der Waals surface area contributed by atoms with Crippen molar-refractivity contribution >= 4 is 22.5 Å². The van der Waals surface area contributed by atoms with Gasteiger partial charge in [-0.1, -0.05) is 11.6 Å². The maximum absolute atomic E-state index is 9.18. The quantitative estimate of drug-likeness (QED) is 0.622. The van der Waals surface area contributed by atoms with Gasteiger partial charge in [0.1, 0.15) is 5.75 Å². The predicted molar refractivity (Wildman–Crippen MR) is 45.0 cm³/mol. The molecule has 56 valence electrons. The zero-order chi connectivity index (χ0) is 7.84. The van der Waals surface area contributed by atoms with E-state index >= 15 is 0 Å². The standard InChI is InChI=1S/C8H6ClNO/c9-6-3-5-1-2-10-7(5)4-8(6)11/h1-4,10-11H. The lowest BCUT2D eigenvalue weighted by atomic mass is 10.2. The van der Waals surface area contributed by atoms with Crippen LogP contribution in [0.2, 0.25) is 5.02 Å². The fourth-order valence-electron chi connectivity index (χ4n) is 1.06. The van der Waals surface area contributed by atoms with Crippen molar-refractivity contribution in [1.29, 1.82) is 0 Å². The molecule has 1 heterocycles. The van der Waals surface area contributed by atoms with E-state index in [0.717, 1.165) is 10.9 Å². The summed E-state index contributed by atoms with van der Waals surface area (Å²) in [5.41, 5.74) is 0.895. The number of rotatable bonds is 0. The van der Waals surface area contributed by atoms with Crippen molar-refractivity contribution in [3.63, 3.8) is 0 Å². The molecule has 2 nitrogen and oxygen atoms in total. The average Bonchev–Trinajstić information content (AvgIpc) is 2.36. The minimum Gasteiger partial charge on any atom is -0.506 e. The van der Waals surface area contributed by atoms with Crippen LogP contribution in [0, 0.1) is 0 Å². The van der Waals surface area contributed by atoms with Gasteiger partial charge in [-0.15, -0.1) is 0 Å². The molecule has 0 fully saturated rings. The van der Waals surface area contributed by atoms with Crippen LogP contribution < -0.4 is 0 Å². The number of phenols is 1. The second-order valence-electron chi connectivity index (χ2n) is 2.37. The number of phenolic OH excluding ortho intramolecular Hbond substituents is 1. The Morgan fingerprint density at radius 2 is 2.18 bits per heavy atom. The third kappa shape index (κ3) is 0.955. The van der Waals surface area contributed by atoms with Crippen molar-refractivity contribution < 1.29 is 5.11 Å². The van der Waals surface area contributed by atoms with Crippen LogP contribution in [-0.2, 0) is 0 Å². The number of hydrogen-bond donors (Lipinski definition) is 2. The van der Waals surface area contributed by atoms with Gasteiger partial charge in [0, 0.05) is 23.2 Å². The largest absolute Gasteiger partial charge is 0.506 e. The van der Waals surface area contributed by atoms with Crippen molar-refractivity contribution in [3.05, 3.63) is 29.4 Å². The number of benzene rings is 1. The highest BCUT2D eigenvalue weighted by molar-refractivity contribution is 6.32. The lowest BCUT2D eigenvalue weighted by Crippen LogP contribution is -1.69. The molecule has 0 spiro atoms. The van der Waals surface area contributed by atoms with Crippen LogP contribution in [0.15, 0.2) is 24.4 Å². The van der Waals surface area contributed by atoms with Gasteiger partial charge < -0.3 is 10.1 Å². The average molecular weight is 168 g/mol. The summed E-state index contributed by atoms with van der Waals surface area (Å²) in [4.78, 5) is 2.97. The summed E-state index contributed by atoms with van der Waals surface area (Å²) in [7, 11) is 0. The molecule has 0 radical (unpaired) electrons. The molecule has 0 unspecified atom stereocenters. The minimum atomic E-state index is 0.113. The van der Waals surface area contributed by atoms with E-state index in [1.807, 2.05) is 6.07 Å². The lowest BCUT2D eigenvalue weighted by molar-refractivity contribution is 0.476. The first-order valence-electron chi connectivity index (χ1n) is 3.23. The molecule has 2 aromatic rings. The monoisotopic (exact) mass is 167 g/mol. The van der Waals surface area contributed by atoms with E-state index in [1.54, 1.807) is 18.3 Å². The summed E-state index contributed by atoms with van der Waals surface area (Å²) in [6, 6.07) is 5.24. The van der Waals surface area contributed by atoms with Crippen molar-refractivity contribution in [3.8, 4) is 5.75 Å². The molecular formula is C8H6ClNO. The summed E-state index contributed by atoms with van der Waals surface area (Å²) in [5.74, 6) is 0.113. The normalized spacial score (nSPS) is 10.6. The SMILES string of the molecule is Oc1cc2[nH]ccc2cc1Cl. The topological polar surface area (TPSA) is 36.0 Å². The maximum Gasteiger partial charge on any atom is 0.136 e. The Hall–Kier alpha value is -1.15. The molecule has 0 aliphatic carbocycles. The Labute approximate surface area is 68.4 Å². The summed E-state index contributed by atoms with van der Waals surface area (Å²) in [5, 5.41) is 10.6. The van der Waals surface area contributed by atoms with Crippen LogP contribution in [0.4, 0.5) is 0 Å². The van der Waals surface area contributed by atoms with Crippen molar-refractivity contribution in [1.82, 2.24) is 4.98 Å². The van der Waals surface area contributed by atoms with Crippen LogP contribution in [0.1, 0.15) is 0 Å². The van der Waals surface area contributed by atoms with Gasteiger partial charge in [0.2, 0.25) is 0 Å². The molecule has 1 aromatic heterocycles. The first kappa shape index (κ1) is 6.55. The van der Waals surface area contributed by atoms with Crippen molar-refractivity contribution in [2.24, 2.45) is 0 Å². The number of aromatic amines is 1. The molecule has 0 amide bonds. The Morgan fingerprint density at radius 3 is 3.00 bits per heavy atom. The highest BCUT2D eigenvalue weighted by Crippen LogP contribution is 2.27. The summed E-state index contributed by atoms with van der Waals surface area (Å²) < 4.78 is 0. The van der Waals surface area contributed by atoms with Crippen molar-refractivity contribution in [2.45, 2.75) is 0 Å².